The topological polar surface area (TPSA) is 37.3 Å². The molecule has 156 valence electrons. The second-order valence-corrected chi connectivity index (χ2v) is 8.60. The van der Waals surface area contributed by atoms with E-state index in [1.165, 1.54) is 54.4 Å². The molecular weight excluding hydrogens is 399 g/mol. The largest absolute Gasteiger partial charge is 0.416 e. The molecule has 29 heavy (non-hydrogen) atoms. The van der Waals surface area contributed by atoms with Gasteiger partial charge in [0.25, 0.3) is 5.56 Å². The number of fused-ring (bicyclic) bond motifs is 3. The number of rotatable bonds is 5. The van der Waals surface area contributed by atoms with Crippen LogP contribution in [0.15, 0.2) is 46.2 Å². The first-order valence-electron chi connectivity index (χ1n) is 9.78. The van der Waals surface area contributed by atoms with Gasteiger partial charge in [-0.2, -0.15) is 13.2 Å². The number of nitrogens with one attached hydrogen (secondary N) is 1. The lowest BCUT2D eigenvalue weighted by molar-refractivity contribution is -0.137. The van der Waals surface area contributed by atoms with Crippen molar-refractivity contribution in [1.82, 2.24) is 14.8 Å². The van der Waals surface area contributed by atoms with Gasteiger partial charge >= 0.3 is 6.18 Å². The first-order chi connectivity index (χ1) is 13.8. The molecule has 4 nitrogen and oxygen atoms in total. The van der Waals surface area contributed by atoms with Crippen molar-refractivity contribution < 1.29 is 13.2 Å². The molecule has 4 heterocycles. The number of nitrogens with zero attached hydrogens (tertiary/aromatic N) is 2. The zero-order valence-electron chi connectivity index (χ0n) is 16.2. The lowest BCUT2D eigenvalue weighted by Crippen LogP contribution is -2.55. The highest BCUT2D eigenvalue weighted by Gasteiger charge is 2.34. The van der Waals surface area contributed by atoms with Crippen LogP contribution in [0.4, 0.5) is 13.2 Å². The molecule has 3 aliphatic heterocycles. The van der Waals surface area contributed by atoms with Crippen LogP contribution in [0.25, 0.3) is 5.69 Å². The highest BCUT2D eigenvalue weighted by molar-refractivity contribution is 7.98. The van der Waals surface area contributed by atoms with E-state index in [0.29, 0.717) is 23.4 Å². The number of hydrogen-bond donors (Lipinski definition) is 1. The average Bonchev–Trinajstić information content (AvgIpc) is 2.73. The molecule has 0 saturated carbocycles. The van der Waals surface area contributed by atoms with Gasteiger partial charge in [0.2, 0.25) is 0 Å². The van der Waals surface area contributed by atoms with E-state index in [9.17, 15) is 18.0 Å². The summed E-state index contributed by atoms with van der Waals surface area (Å²) in [5.74, 6) is 0.678. The Bertz CT molecular complexity index is 935. The fourth-order valence-corrected chi connectivity index (χ4v) is 4.89. The quantitative estimate of drug-likeness (QED) is 0.743. The summed E-state index contributed by atoms with van der Waals surface area (Å²) >= 11 is 1.32. The fourth-order valence-electron chi connectivity index (χ4n) is 4.32. The van der Waals surface area contributed by atoms with Crippen LogP contribution in [0.2, 0.25) is 0 Å². The summed E-state index contributed by atoms with van der Waals surface area (Å²) in [6.07, 6.45) is 1.41. The Balaban J connectivity index is 1.59. The van der Waals surface area contributed by atoms with Crippen LogP contribution in [0.1, 0.15) is 24.0 Å². The predicted octanol–water partition coefficient (Wildman–Crippen LogP) is 3.76. The van der Waals surface area contributed by atoms with Gasteiger partial charge in [0.15, 0.2) is 0 Å². The number of hydrogen-bond acceptors (Lipinski definition) is 4. The minimum absolute atomic E-state index is 0.266. The van der Waals surface area contributed by atoms with E-state index < -0.39 is 11.7 Å². The monoisotopic (exact) mass is 423 g/mol. The summed E-state index contributed by atoms with van der Waals surface area (Å²) in [6, 6.07) is 7.13. The first kappa shape index (κ1) is 20.5. The van der Waals surface area contributed by atoms with Gasteiger partial charge in [-0.25, -0.2) is 0 Å². The van der Waals surface area contributed by atoms with Gasteiger partial charge in [-0.15, -0.1) is 11.8 Å². The van der Waals surface area contributed by atoms with Crippen molar-refractivity contribution in [1.29, 1.82) is 0 Å². The van der Waals surface area contributed by atoms with E-state index in [1.807, 2.05) is 0 Å². The van der Waals surface area contributed by atoms with Gasteiger partial charge in [0.05, 0.1) is 11.3 Å². The summed E-state index contributed by atoms with van der Waals surface area (Å²) in [5.41, 5.74) is 0.0479. The van der Waals surface area contributed by atoms with Crippen LogP contribution in [-0.2, 0) is 12.7 Å². The van der Waals surface area contributed by atoms with E-state index in [2.05, 4.69) is 10.2 Å². The first-order valence-corrected chi connectivity index (χ1v) is 11.0. The molecule has 1 N–H and O–H groups in total. The minimum atomic E-state index is -4.45. The lowest BCUT2D eigenvalue weighted by Gasteiger charge is -2.45. The van der Waals surface area contributed by atoms with Gasteiger partial charge in [0.1, 0.15) is 0 Å². The van der Waals surface area contributed by atoms with Crippen LogP contribution in [-0.4, -0.2) is 41.4 Å². The van der Waals surface area contributed by atoms with Gasteiger partial charge < -0.3 is 10.2 Å². The molecule has 0 amide bonds. The van der Waals surface area contributed by atoms with Crippen molar-refractivity contribution in [2.45, 2.75) is 36.5 Å². The highest BCUT2D eigenvalue weighted by atomic mass is 32.2. The zero-order chi connectivity index (χ0) is 20.6. The van der Waals surface area contributed by atoms with Gasteiger partial charge in [-0.1, -0.05) is 6.07 Å². The van der Waals surface area contributed by atoms with E-state index in [4.69, 9.17) is 0 Å². The van der Waals surface area contributed by atoms with Crippen LogP contribution < -0.4 is 10.9 Å². The number of pyridine rings is 1. The second kappa shape index (κ2) is 8.16. The minimum Gasteiger partial charge on any atom is -0.308 e. The third-order valence-corrected chi connectivity index (χ3v) is 6.75. The molecule has 1 unspecified atom stereocenters. The van der Waals surface area contributed by atoms with Crippen molar-refractivity contribution in [3.63, 3.8) is 0 Å². The van der Waals surface area contributed by atoms with E-state index in [1.54, 1.807) is 18.5 Å². The van der Waals surface area contributed by atoms with Crippen molar-refractivity contribution in [3.8, 4) is 5.69 Å². The lowest BCUT2D eigenvalue weighted by atomic mass is 9.84. The Hall–Kier alpha value is -1.77. The normalized spacial score (nSPS) is 24.1. The highest BCUT2D eigenvalue weighted by Crippen LogP contribution is 2.34. The Morgan fingerprint density at radius 2 is 1.93 bits per heavy atom. The maximum Gasteiger partial charge on any atom is 0.416 e. The van der Waals surface area contributed by atoms with Crippen LogP contribution >= 0.6 is 11.8 Å². The molecule has 5 rings (SSSR count). The van der Waals surface area contributed by atoms with E-state index in [0.717, 1.165) is 24.2 Å². The number of benzene rings is 1. The molecule has 1 aromatic carbocycles. The Kier molecular flexibility index (Phi) is 5.77. The smallest absolute Gasteiger partial charge is 0.308 e. The Morgan fingerprint density at radius 1 is 1.17 bits per heavy atom. The van der Waals surface area contributed by atoms with E-state index in [-0.39, 0.29) is 11.2 Å². The van der Waals surface area contributed by atoms with Crippen LogP contribution in [0.5, 0.6) is 0 Å². The molecule has 0 spiro atoms. The number of halogens is 3. The summed E-state index contributed by atoms with van der Waals surface area (Å²) in [5, 5.41) is 3.59. The van der Waals surface area contributed by atoms with Crippen LogP contribution in [0.3, 0.4) is 0 Å². The SMILES string of the molecule is CSc1ccc(C(F)(F)F)cc1-n1cc(CNC2CN3CCC2CC3)ccc1=O. The number of thioether (sulfide) groups is 1. The standard InChI is InChI=1S/C21H24F3N3OS/c1-29-19-4-3-16(21(22,23)24)10-18(19)27-12-14(2-5-20(27)28)11-25-17-13-26-8-6-15(17)7-9-26/h2-5,10,12,15,17,25H,6-9,11,13H2,1H3. The molecule has 2 aromatic rings. The van der Waals surface area contributed by atoms with E-state index >= 15 is 0 Å². The van der Waals surface area contributed by atoms with Crippen molar-refractivity contribution in [2.75, 3.05) is 25.9 Å². The summed E-state index contributed by atoms with van der Waals surface area (Å²) in [7, 11) is 0. The Morgan fingerprint density at radius 3 is 2.55 bits per heavy atom. The molecule has 0 aliphatic carbocycles. The molecule has 3 aliphatic rings. The molecular formula is C21H24F3N3OS. The molecule has 3 fully saturated rings. The number of alkyl halides is 3. The number of piperidine rings is 3. The van der Waals surface area contributed by atoms with Crippen LogP contribution in [0, 0.1) is 5.92 Å². The third kappa shape index (κ3) is 4.39. The van der Waals surface area contributed by atoms with Crippen molar-refractivity contribution >= 4 is 11.8 Å². The third-order valence-electron chi connectivity index (χ3n) is 5.96. The van der Waals surface area contributed by atoms with Gasteiger partial charge in [-0.05, 0) is 61.9 Å². The zero-order valence-corrected chi connectivity index (χ0v) is 17.0. The van der Waals surface area contributed by atoms with Crippen molar-refractivity contribution in [3.05, 3.63) is 58.0 Å². The van der Waals surface area contributed by atoms with Gasteiger partial charge in [0, 0.05) is 36.3 Å². The molecule has 3 saturated heterocycles. The molecule has 0 radical (unpaired) electrons. The van der Waals surface area contributed by atoms with Crippen molar-refractivity contribution in [2.24, 2.45) is 5.92 Å². The maximum absolute atomic E-state index is 13.2. The maximum atomic E-state index is 13.2. The molecule has 1 aromatic heterocycles. The molecule has 1 atom stereocenters. The second-order valence-electron chi connectivity index (χ2n) is 7.76. The summed E-state index contributed by atoms with van der Waals surface area (Å²) in [4.78, 5) is 15.5. The molecule has 8 heteroatoms. The average molecular weight is 424 g/mol. The predicted molar refractivity (Wildman–Crippen MR) is 109 cm³/mol. The van der Waals surface area contributed by atoms with Gasteiger partial charge in [-0.3, -0.25) is 9.36 Å². The molecule has 2 bridgehead atoms. The summed E-state index contributed by atoms with van der Waals surface area (Å²) in [6.45, 7) is 3.96. The summed E-state index contributed by atoms with van der Waals surface area (Å²) < 4.78 is 40.9. The number of aromatic nitrogens is 1. The fraction of sp³-hybridized carbons (Fsp3) is 0.476. The Labute approximate surface area is 172 Å².